The van der Waals surface area contributed by atoms with Crippen LogP contribution in [0.2, 0.25) is 0 Å². The van der Waals surface area contributed by atoms with Crippen molar-refractivity contribution in [3.8, 4) is 11.5 Å². The summed E-state index contributed by atoms with van der Waals surface area (Å²) in [6.45, 7) is 1.56. The molecule has 0 aliphatic carbocycles. The number of anilines is 1. The Balaban J connectivity index is 1.59. The number of urea groups is 1. The zero-order valence-corrected chi connectivity index (χ0v) is 17.3. The first-order chi connectivity index (χ1) is 15.8. The number of aliphatic carboxylic acids is 1. The van der Waals surface area contributed by atoms with E-state index >= 15 is 0 Å². The van der Waals surface area contributed by atoms with Gasteiger partial charge in [-0.3, -0.25) is 14.9 Å². The van der Waals surface area contributed by atoms with Crippen molar-refractivity contribution < 1.29 is 33.8 Å². The zero-order chi connectivity index (χ0) is 23.3. The van der Waals surface area contributed by atoms with Gasteiger partial charge in [-0.25, -0.2) is 14.5 Å². The third kappa shape index (κ3) is 3.28. The lowest BCUT2D eigenvalue weighted by molar-refractivity contribution is -0.140. The van der Waals surface area contributed by atoms with E-state index in [0.29, 0.717) is 28.0 Å². The first-order valence-electron chi connectivity index (χ1n) is 9.98. The minimum Gasteiger partial charge on any atom is -0.480 e. The van der Waals surface area contributed by atoms with Gasteiger partial charge >= 0.3 is 12.0 Å². The highest BCUT2D eigenvalue weighted by molar-refractivity contribution is 6.39. The van der Waals surface area contributed by atoms with Gasteiger partial charge in [0, 0.05) is 28.7 Å². The van der Waals surface area contributed by atoms with Crippen LogP contribution >= 0.6 is 0 Å². The van der Waals surface area contributed by atoms with E-state index < -0.39 is 29.9 Å². The van der Waals surface area contributed by atoms with Crippen molar-refractivity contribution in [3.05, 3.63) is 59.8 Å². The fraction of sp³-hybridized carbons (Fsp3) is 0.130. The normalized spacial score (nSPS) is 17.5. The number of imide groups is 2. The number of hydrogen-bond acceptors (Lipinski definition) is 6. The summed E-state index contributed by atoms with van der Waals surface area (Å²) in [6, 6.07) is 9.85. The van der Waals surface area contributed by atoms with E-state index in [4.69, 9.17) is 9.47 Å². The van der Waals surface area contributed by atoms with E-state index in [0.717, 1.165) is 4.90 Å². The van der Waals surface area contributed by atoms with E-state index in [2.05, 4.69) is 5.32 Å². The first kappa shape index (κ1) is 20.3. The third-order valence-corrected chi connectivity index (χ3v) is 5.56. The van der Waals surface area contributed by atoms with E-state index in [-0.39, 0.29) is 18.1 Å². The van der Waals surface area contributed by atoms with E-state index in [1.807, 2.05) is 0 Å². The molecule has 1 aromatic heterocycles. The van der Waals surface area contributed by atoms with Crippen molar-refractivity contribution >= 4 is 46.5 Å². The zero-order valence-electron chi connectivity index (χ0n) is 17.3. The van der Waals surface area contributed by atoms with Crippen molar-refractivity contribution in [2.75, 3.05) is 11.7 Å². The van der Waals surface area contributed by atoms with Crippen LogP contribution in [0.15, 0.2) is 54.2 Å². The number of carbonyl (C=O) groups is 4. The highest BCUT2D eigenvalue weighted by atomic mass is 16.7. The number of para-hydroxylation sites is 1. The Hall–Kier alpha value is -4.60. The molecule has 166 valence electrons. The first-order valence-corrected chi connectivity index (χ1v) is 9.98. The van der Waals surface area contributed by atoms with Gasteiger partial charge in [0.2, 0.25) is 6.79 Å². The van der Waals surface area contributed by atoms with Gasteiger partial charge in [0.25, 0.3) is 11.8 Å². The number of nitrogens with one attached hydrogen (secondary N) is 1. The van der Waals surface area contributed by atoms with Crippen molar-refractivity contribution in [2.24, 2.45) is 0 Å². The quantitative estimate of drug-likeness (QED) is 0.465. The van der Waals surface area contributed by atoms with Crippen molar-refractivity contribution in [2.45, 2.75) is 13.0 Å². The Labute approximate surface area is 186 Å². The van der Waals surface area contributed by atoms with Gasteiger partial charge < -0.3 is 19.1 Å². The predicted molar refractivity (Wildman–Crippen MR) is 116 cm³/mol. The number of carboxylic acid groups (broad SMARTS) is 1. The molecule has 0 bridgehead atoms. The summed E-state index contributed by atoms with van der Waals surface area (Å²) in [5.41, 5.74) is 1.05. The molecule has 5 rings (SSSR count). The molecule has 2 aliphatic heterocycles. The van der Waals surface area contributed by atoms with Crippen LogP contribution in [-0.4, -0.2) is 40.3 Å². The van der Waals surface area contributed by atoms with Crippen LogP contribution in [0.4, 0.5) is 10.5 Å². The third-order valence-electron chi connectivity index (χ3n) is 5.56. The topological polar surface area (TPSA) is 127 Å². The molecule has 3 aromatic rings. The van der Waals surface area contributed by atoms with E-state index in [1.54, 1.807) is 41.1 Å². The predicted octanol–water partition coefficient (Wildman–Crippen LogP) is 2.68. The number of hydrogen-bond donors (Lipinski definition) is 2. The number of aromatic nitrogens is 1. The van der Waals surface area contributed by atoms with Crippen LogP contribution in [-0.2, 0) is 14.4 Å². The van der Waals surface area contributed by atoms with Crippen LogP contribution in [0.5, 0.6) is 11.5 Å². The number of amides is 4. The molecule has 0 unspecified atom stereocenters. The SMILES string of the molecule is C[C@H](C(=O)O)n1cc(/C=C2\C(=O)NC(=O)N(c3ccc4c(c3)OCO4)C2=O)c2ccccc21. The molecular formula is C23H17N3O7. The monoisotopic (exact) mass is 447 g/mol. The van der Waals surface area contributed by atoms with Gasteiger partial charge in [-0.1, -0.05) is 18.2 Å². The lowest BCUT2D eigenvalue weighted by atomic mass is 10.1. The summed E-state index contributed by atoms with van der Waals surface area (Å²) in [4.78, 5) is 50.7. The number of rotatable bonds is 4. The Kier molecular flexibility index (Phi) is 4.63. The average molecular weight is 447 g/mol. The van der Waals surface area contributed by atoms with Gasteiger partial charge in [-0.15, -0.1) is 0 Å². The molecule has 1 fully saturated rings. The van der Waals surface area contributed by atoms with E-state index in [9.17, 15) is 24.3 Å². The second-order valence-corrected chi connectivity index (χ2v) is 7.52. The van der Waals surface area contributed by atoms with Crippen LogP contribution in [0.3, 0.4) is 0 Å². The molecule has 0 radical (unpaired) electrons. The molecule has 1 saturated heterocycles. The van der Waals surface area contributed by atoms with Gasteiger partial charge in [0.15, 0.2) is 11.5 Å². The molecule has 2 aliphatic rings. The fourth-order valence-corrected chi connectivity index (χ4v) is 3.86. The second kappa shape index (κ2) is 7.52. The summed E-state index contributed by atoms with van der Waals surface area (Å²) < 4.78 is 12.1. The molecular weight excluding hydrogens is 430 g/mol. The van der Waals surface area contributed by atoms with Crippen LogP contribution in [0, 0.1) is 0 Å². The molecule has 3 heterocycles. The highest BCUT2D eigenvalue weighted by Gasteiger charge is 2.37. The smallest absolute Gasteiger partial charge is 0.335 e. The number of carbonyl (C=O) groups excluding carboxylic acids is 3. The molecule has 10 nitrogen and oxygen atoms in total. The molecule has 2 N–H and O–H groups in total. The molecule has 10 heteroatoms. The maximum absolute atomic E-state index is 13.2. The van der Waals surface area contributed by atoms with Crippen molar-refractivity contribution in [3.63, 3.8) is 0 Å². The Bertz CT molecular complexity index is 1390. The Morgan fingerprint density at radius 3 is 2.67 bits per heavy atom. The average Bonchev–Trinajstić information content (AvgIpc) is 3.40. The summed E-state index contributed by atoms with van der Waals surface area (Å²) in [7, 11) is 0. The molecule has 2 aromatic carbocycles. The number of carboxylic acids is 1. The Morgan fingerprint density at radius 1 is 1.12 bits per heavy atom. The van der Waals surface area contributed by atoms with Crippen molar-refractivity contribution in [1.82, 2.24) is 9.88 Å². The number of nitrogens with zero attached hydrogens (tertiary/aromatic N) is 2. The number of fused-ring (bicyclic) bond motifs is 2. The lowest BCUT2D eigenvalue weighted by Crippen LogP contribution is -2.54. The molecule has 0 saturated carbocycles. The van der Waals surface area contributed by atoms with Gasteiger partial charge in [-0.05, 0) is 31.2 Å². The van der Waals surface area contributed by atoms with Crippen molar-refractivity contribution in [1.29, 1.82) is 0 Å². The maximum atomic E-state index is 13.2. The number of barbiturate groups is 1. The molecule has 0 spiro atoms. The van der Waals surface area contributed by atoms with Crippen LogP contribution in [0.25, 0.3) is 17.0 Å². The fourth-order valence-electron chi connectivity index (χ4n) is 3.86. The highest BCUT2D eigenvalue weighted by Crippen LogP contribution is 2.36. The Morgan fingerprint density at radius 2 is 1.88 bits per heavy atom. The van der Waals surface area contributed by atoms with Crippen LogP contribution in [0.1, 0.15) is 18.5 Å². The molecule has 4 amide bonds. The number of benzene rings is 2. The standard InChI is InChI=1S/C23H17N3O7/c1-12(22(29)30)25-10-13(15-4-2-3-5-17(15)25)8-16-20(27)24-23(31)26(21(16)28)14-6-7-18-19(9-14)33-11-32-18/h2-10,12H,11H2,1H3,(H,29,30)(H,24,27,31)/b16-8+/t12-/m1/s1. The number of ether oxygens (including phenoxy) is 2. The van der Waals surface area contributed by atoms with Gasteiger partial charge in [0.05, 0.1) is 5.69 Å². The summed E-state index contributed by atoms with van der Waals surface area (Å²) in [5, 5.41) is 12.3. The van der Waals surface area contributed by atoms with E-state index in [1.165, 1.54) is 25.1 Å². The second-order valence-electron chi connectivity index (χ2n) is 7.52. The summed E-state index contributed by atoms with van der Waals surface area (Å²) in [5.74, 6) is -1.83. The minimum absolute atomic E-state index is 0.0292. The summed E-state index contributed by atoms with van der Waals surface area (Å²) in [6.07, 6.45) is 2.93. The molecule has 33 heavy (non-hydrogen) atoms. The minimum atomic E-state index is -1.03. The maximum Gasteiger partial charge on any atom is 0.335 e. The lowest BCUT2D eigenvalue weighted by Gasteiger charge is -2.26. The molecule has 1 atom stereocenters. The summed E-state index contributed by atoms with van der Waals surface area (Å²) >= 11 is 0. The van der Waals surface area contributed by atoms with Gasteiger partial charge in [0.1, 0.15) is 11.6 Å². The van der Waals surface area contributed by atoms with Crippen LogP contribution < -0.4 is 19.7 Å². The largest absolute Gasteiger partial charge is 0.480 e. The van der Waals surface area contributed by atoms with Gasteiger partial charge in [-0.2, -0.15) is 0 Å².